The van der Waals surface area contributed by atoms with E-state index in [0.717, 1.165) is 12.1 Å². The third-order valence-corrected chi connectivity index (χ3v) is 3.61. The van der Waals surface area contributed by atoms with E-state index in [2.05, 4.69) is 16.4 Å². The number of hydrogen-bond acceptors (Lipinski definition) is 4. The van der Waals surface area contributed by atoms with Crippen LogP contribution in [0.5, 0.6) is 0 Å². The van der Waals surface area contributed by atoms with E-state index in [1.54, 1.807) is 18.3 Å². The lowest BCUT2D eigenvalue weighted by atomic mass is 10.0. The number of anilines is 1. The summed E-state index contributed by atoms with van der Waals surface area (Å²) in [6.07, 6.45) is 1.86. The van der Waals surface area contributed by atoms with Crippen molar-refractivity contribution in [2.75, 3.05) is 11.9 Å². The van der Waals surface area contributed by atoms with E-state index in [0.29, 0.717) is 30.0 Å². The molecule has 1 aliphatic heterocycles. The normalized spacial score (nSPS) is 20.6. The first kappa shape index (κ1) is 14.4. The second kappa shape index (κ2) is 6.08. The highest BCUT2D eigenvalue weighted by atomic mass is 19.2. The fourth-order valence-corrected chi connectivity index (χ4v) is 2.54. The molecule has 112 valence electrons. The summed E-state index contributed by atoms with van der Waals surface area (Å²) in [5.74, 6) is -1.32. The van der Waals surface area contributed by atoms with E-state index in [1.165, 1.54) is 6.07 Å². The summed E-state index contributed by atoms with van der Waals surface area (Å²) in [6.45, 7) is 0.496. The van der Waals surface area contributed by atoms with Crippen LogP contribution in [0.4, 0.5) is 14.6 Å². The van der Waals surface area contributed by atoms with Crippen molar-refractivity contribution in [3.63, 3.8) is 0 Å². The van der Waals surface area contributed by atoms with Gasteiger partial charge in [-0.3, -0.25) is 0 Å². The molecule has 0 spiro atoms. The first-order chi connectivity index (χ1) is 10.7. The van der Waals surface area contributed by atoms with Crippen molar-refractivity contribution in [1.82, 2.24) is 4.98 Å². The molecule has 4 nitrogen and oxygen atoms in total. The van der Waals surface area contributed by atoms with Gasteiger partial charge in [0.2, 0.25) is 0 Å². The van der Waals surface area contributed by atoms with Gasteiger partial charge in [-0.15, -0.1) is 0 Å². The summed E-state index contributed by atoms with van der Waals surface area (Å²) < 4.78 is 32.1. The summed E-state index contributed by atoms with van der Waals surface area (Å²) in [4.78, 5) is 4.15. The van der Waals surface area contributed by atoms with E-state index >= 15 is 0 Å². The fourth-order valence-electron chi connectivity index (χ4n) is 2.54. The smallest absolute Gasteiger partial charge is 0.159 e. The van der Waals surface area contributed by atoms with Crippen LogP contribution in [0.3, 0.4) is 0 Å². The average molecular weight is 301 g/mol. The molecular weight excluding hydrogens is 288 g/mol. The number of pyridine rings is 1. The Morgan fingerprint density at radius 1 is 1.27 bits per heavy atom. The minimum atomic E-state index is -0.901. The van der Waals surface area contributed by atoms with Crippen molar-refractivity contribution in [2.45, 2.75) is 18.6 Å². The number of nitrogens with zero attached hydrogens (tertiary/aromatic N) is 2. The highest BCUT2D eigenvalue weighted by Gasteiger charge is 2.31. The Hall–Kier alpha value is -2.52. The van der Waals surface area contributed by atoms with Gasteiger partial charge in [-0.1, -0.05) is 6.07 Å². The van der Waals surface area contributed by atoms with Gasteiger partial charge in [0, 0.05) is 12.8 Å². The van der Waals surface area contributed by atoms with Crippen molar-refractivity contribution in [3.05, 3.63) is 59.3 Å². The molecule has 2 unspecified atom stereocenters. The number of ether oxygens (including phenoxy) is 1. The van der Waals surface area contributed by atoms with Crippen LogP contribution in [0.2, 0.25) is 0 Å². The molecule has 2 heterocycles. The second-order valence-corrected chi connectivity index (χ2v) is 5.02. The highest BCUT2D eigenvalue weighted by Crippen LogP contribution is 2.32. The molecule has 22 heavy (non-hydrogen) atoms. The third-order valence-electron chi connectivity index (χ3n) is 3.61. The SMILES string of the molecule is N#Cc1cccnc1NC1CCOC1c1ccc(F)c(F)c1. The monoisotopic (exact) mass is 301 g/mol. The van der Waals surface area contributed by atoms with Gasteiger partial charge < -0.3 is 10.1 Å². The number of hydrogen-bond donors (Lipinski definition) is 1. The third kappa shape index (κ3) is 2.76. The van der Waals surface area contributed by atoms with Gasteiger partial charge in [-0.25, -0.2) is 13.8 Å². The molecule has 0 bridgehead atoms. The van der Waals surface area contributed by atoms with Crippen LogP contribution >= 0.6 is 0 Å². The van der Waals surface area contributed by atoms with Crippen LogP contribution in [-0.4, -0.2) is 17.6 Å². The van der Waals surface area contributed by atoms with Gasteiger partial charge in [-0.05, 0) is 36.2 Å². The van der Waals surface area contributed by atoms with Crippen LogP contribution in [0.15, 0.2) is 36.5 Å². The summed E-state index contributed by atoms with van der Waals surface area (Å²) in [5, 5.41) is 12.3. The van der Waals surface area contributed by atoms with E-state index in [-0.39, 0.29) is 6.04 Å². The van der Waals surface area contributed by atoms with Gasteiger partial charge in [0.05, 0.1) is 11.6 Å². The molecule has 1 aromatic carbocycles. The van der Waals surface area contributed by atoms with Crippen molar-refractivity contribution >= 4 is 5.82 Å². The largest absolute Gasteiger partial charge is 0.371 e. The molecular formula is C16H13F2N3O. The highest BCUT2D eigenvalue weighted by molar-refractivity contribution is 5.52. The van der Waals surface area contributed by atoms with Gasteiger partial charge in [0.25, 0.3) is 0 Å². The maximum Gasteiger partial charge on any atom is 0.159 e. The quantitative estimate of drug-likeness (QED) is 0.946. The molecule has 1 N–H and O–H groups in total. The molecule has 0 radical (unpaired) electrons. The average Bonchev–Trinajstić information content (AvgIpc) is 2.99. The Kier molecular flexibility index (Phi) is 3.98. The van der Waals surface area contributed by atoms with E-state index in [9.17, 15) is 8.78 Å². The molecule has 2 aromatic rings. The minimum Gasteiger partial charge on any atom is -0.371 e. The maximum absolute atomic E-state index is 13.4. The van der Waals surface area contributed by atoms with Gasteiger partial charge in [0.1, 0.15) is 18.0 Å². The number of halogens is 2. The number of benzene rings is 1. The Balaban J connectivity index is 1.84. The number of aromatic nitrogens is 1. The molecule has 1 aromatic heterocycles. The molecule has 1 fully saturated rings. The van der Waals surface area contributed by atoms with Crippen LogP contribution < -0.4 is 5.32 Å². The summed E-state index contributed by atoms with van der Waals surface area (Å²) in [6, 6.07) is 8.99. The molecule has 6 heteroatoms. The standard InChI is InChI=1S/C16H13F2N3O/c17-12-4-3-10(8-13(12)18)15-14(5-7-22-15)21-16-11(9-19)2-1-6-20-16/h1-4,6,8,14-15H,5,7H2,(H,20,21). The molecule has 1 saturated heterocycles. The van der Waals surface area contributed by atoms with E-state index in [1.807, 2.05) is 0 Å². The zero-order chi connectivity index (χ0) is 15.5. The van der Waals surface area contributed by atoms with E-state index in [4.69, 9.17) is 10.00 Å². The number of rotatable bonds is 3. The zero-order valence-electron chi connectivity index (χ0n) is 11.6. The van der Waals surface area contributed by atoms with Crippen molar-refractivity contribution in [2.24, 2.45) is 0 Å². The molecule has 0 amide bonds. The Morgan fingerprint density at radius 2 is 2.14 bits per heavy atom. The predicted molar refractivity (Wildman–Crippen MR) is 76.0 cm³/mol. The van der Waals surface area contributed by atoms with Crippen LogP contribution in [0, 0.1) is 23.0 Å². The first-order valence-electron chi connectivity index (χ1n) is 6.87. The molecule has 0 aliphatic carbocycles. The van der Waals surface area contributed by atoms with Gasteiger partial charge in [0.15, 0.2) is 11.6 Å². The Morgan fingerprint density at radius 3 is 2.91 bits per heavy atom. The predicted octanol–water partition coefficient (Wildman–Crippen LogP) is 3.17. The summed E-state index contributed by atoms with van der Waals surface area (Å²) in [7, 11) is 0. The lowest BCUT2D eigenvalue weighted by Gasteiger charge is -2.21. The molecule has 1 aliphatic rings. The minimum absolute atomic E-state index is 0.160. The lowest BCUT2D eigenvalue weighted by molar-refractivity contribution is 0.107. The van der Waals surface area contributed by atoms with Gasteiger partial charge >= 0.3 is 0 Å². The van der Waals surface area contributed by atoms with Crippen molar-refractivity contribution in [1.29, 1.82) is 5.26 Å². The van der Waals surface area contributed by atoms with Crippen LogP contribution in [0.1, 0.15) is 23.7 Å². The molecule has 2 atom stereocenters. The molecule has 3 rings (SSSR count). The van der Waals surface area contributed by atoms with Crippen LogP contribution in [-0.2, 0) is 4.74 Å². The summed E-state index contributed by atoms with van der Waals surface area (Å²) >= 11 is 0. The van der Waals surface area contributed by atoms with Crippen molar-refractivity contribution < 1.29 is 13.5 Å². The fraction of sp³-hybridized carbons (Fsp3) is 0.250. The number of nitrogens with one attached hydrogen (secondary N) is 1. The zero-order valence-corrected chi connectivity index (χ0v) is 11.6. The van der Waals surface area contributed by atoms with E-state index < -0.39 is 17.7 Å². The van der Waals surface area contributed by atoms with Crippen molar-refractivity contribution in [3.8, 4) is 6.07 Å². The summed E-state index contributed by atoms with van der Waals surface area (Å²) in [5.41, 5.74) is 0.988. The molecule has 0 saturated carbocycles. The topological polar surface area (TPSA) is 57.9 Å². The van der Waals surface area contributed by atoms with Gasteiger partial charge in [-0.2, -0.15) is 5.26 Å². The lowest BCUT2D eigenvalue weighted by Crippen LogP contribution is -2.24. The number of nitriles is 1. The Bertz CT molecular complexity index is 730. The second-order valence-electron chi connectivity index (χ2n) is 5.02. The van der Waals surface area contributed by atoms with Crippen LogP contribution in [0.25, 0.3) is 0 Å². The Labute approximate surface area is 126 Å². The maximum atomic E-state index is 13.4. The first-order valence-corrected chi connectivity index (χ1v) is 6.87.